The van der Waals surface area contributed by atoms with Crippen molar-refractivity contribution in [1.29, 1.82) is 0 Å². The largest absolute Gasteiger partial charge is 0.493 e. The molecule has 0 radical (unpaired) electrons. The third-order valence-electron chi connectivity index (χ3n) is 3.59. The number of fused-ring (bicyclic) bond motifs is 1. The van der Waals surface area contributed by atoms with Gasteiger partial charge in [-0.25, -0.2) is 0 Å². The summed E-state index contributed by atoms with van der Waals surface area (Å²) < 4.78 is 1.00. The number of hydrogen-bond donors (Lipinski definition) is 2. The molecule has 0 saturated heterocycles. The van der Waals surface area contributed by atoms with Crippen molar-refractivity contribution in [2.45, 2.75) is 0 Å². The monoisotopic (exact) mass is 434 g/mol. The third-order valence-corrected chi connectivity index (χ3v) is 4.26. The van der Waals surface area contributed by atoms with Crippen LogP contribution in [-0.4, -0.2) is 30.1 Å². The van der Waals surface area contributed by atoms with Gasteiger partial charge in [-0.2, -0.15) is 0 Å². The highest BCUT2D eigenvalue weighted by Gasteiger charge is 2.12. The first kappa shape index (κ1) is 16.4. The summed E-state index contributed by atoms with van der Waals surface area (Å²) in [7, 11) is 3.86. The Morgan fingerprint density at radius 1 is 1.17 bits per heavy atom. The van der Waals surface area contributed by atoms with Gasteiger partial charge < -0.3 is 15.0 Å². The molecule has 0 atom stereocenters. The number of H-pyrrole nitrogens is 1. The molecular weight excluding hydrogens is 419 g/mol. The molecule has 1 amide bonds. The van der Waals surface area contributed by atoms with Crippen LogP contribution in [-0.2, 0) is 0 Å². The number of nitrogens with one attached hydrogen (secondary N) is 1. The summed E-state index contributed by atoms with van der Waals surface area (Å²) in [5, 5.41) is 18.4. The number of nitrogens with zero attached hydrogens (tertiary/aromatic N) is 3. The van der Waals surface area contributed by atoms with Gasteiger partial charge in [-0.05, 0) is 65.1 Å². The van der Waals surface area contributed by atoms with Gasteiger partial charge in [0, 0.05) is 34.3 Å². The van der Waals surface area contributed by atoms with Crippen LogP contribution in [0.3, 0.4) is 0 Å². The second-order valence-electron chi connectivity index (χ2n) is 5.46. The normalized spacial score (nSPS) is 11.3. The Bertz CT molecular complexity index is 930. The van der Waals surface area contributed by atoms with E-state index in [4.69, 9.17) is 0 Å². The van der Waals surface area contributed by atoms with Crippen LogP contribution in [0, 0.1) is 3.57 Å². The molecule has 1 aromatic heterocycles. The van der Waals surface area contributed by atoms with E-state index in [1.54, 1.807) is 12.1 Å². The molecule has 6 nitrogen and oxygen atoms in total. The zero-order valence-corrected chi connectivity index (χ0v) is 15.3. The molecule has 2 aromatic carbocycles. The first-order chi connectivity index (χ1) is 11.5. The van der Waals surface area contributed by atoms with E-state index in [1.165, 1.54) is 0 Å². The summed E-state index contributed by atoms with van der Waals surface area (Å²) in [6, 6.07) is 12.7. The fourth-order valence-corrected chi connectivity index (χ4v) is 2.78. The number of anilines is 1. The van der Waals surface area contributed by atoms with E-state index in [1.807, 2.05) is 49.3 Å². The second-order valence-corrected chi connectivity index (χ2v) is 6.70. The molecule has 122 valence electrons. The summed E-state index contributed by atoms with van der Waals surface area (Å²) >= 11 is 2.17. The molecule has 0 fully saturated rings. The number of carbonyl (C=O) groups is 1. The number of azo groups is 1. The molecule has 2 N–H and O–H groups in total. The van der Waals surface area contributed by atoms with Crippen molar-refractivity contribution in [3.05, 3.63) is 51.6 Å². The van der Waals surface area contributed by atoms with Gasteiger partial charge in [0.05, 0.1) is 5.52 Å². The summed E-state index contributed by atoms with van der Waals surface area (Å²) in [5.74, 6) is -0.564. The fourth-order valence-electron chi connectivity index (χ4n) is 2.29. The van der Waals surface area contributed by atoms with E-state index in [9.17, 15) is 9.90 Å². The van der Waals surface area contributed by atoms with Gasteiger partial charge in [0.15, 0.2) is 5.69 Å². The summed E-state index contributed by atoms with van der Waals surface area (Å²) in [5.41, 5.74) is 2.44. The standard InChI is InChI=1S/C17H15IN4O2/c1-22(2)12-6-3-10(4-7-12)16(23)21-20-15-13-9-11(18)5-8-14(13)19-17(15)24/h3-9,19,24H,1-2H3. The molecule has 3 aromatic rings. The van der Waals surface area contributed by atoms with Gasteiger partial charge in [0.2, 0.25) is 5.88 Å². The van der Waals surface area contributed by atoms with Crippen molar-refractivity contribution in [2.75, 3.05) is 19.0 Å². The van der Waals surface area contributed by atoms with E-state index in [2.05, 4.69) is 37.8 Å². The Labute approximate surface area is 152 Å². The zero-order chi connectivity index (χ0) is 17.3. The molecule has 0 aliphatic carbocycles. The number of amides is 1. The van der Waals surface area contributed by atoms with Crippen molar-refractivity contribution in [1.82, 2.24) is 4.98 Å². The third kappa shape index (κ3) is 3.25. The maximum Gasteiger partial charge on any atom is 0.295 e. The molecule has 0 saturated carbocycles. The molecular formula is C17H15IN4O2. The lowest BCUT2D eigenvalue weighted by Gasteiger charge is -2.11. The smallest absolute Gasteiger partial charge is 0.295 e. The molecule has 3 rings (SSSR count). The highest BCUT2D eigenvalue weighted by Crippen LogP contribution is 2.36. The van der Waals surface area contributed by atoms with E-state index < -0.39 is 5.91 Å². The molecule has 24 heavy (non-hydrogen) atoms. The first-order valence-corrected chi connectivity index (χ1v) is 8.27. The Balaban J connectivity index is 1.89. The van der Waals surface area contributed by atoms with Gasteiger partial charge in [0.25, 0.3) is 5.91 Å². The maximum absolute atomic E-state index is 12.2. The van der Waals surface area contributed by atoms with Crippen LogP contribution in [0.1, 0.15) is 10.4 Å². The average Bonchev–Trinajstić information content (AvgIpc) is 2.87. The SMILES string of the molecule is CN(C)c1ccc(C(=O)N=Nc2c(O)[nH]c3ccc(I)cc23)cc1. The lowest BCUT2D eigenvalue weighted by atomic mass is 10.2. The van der Waals surface area contributed by atoms with Gasteiger partial charge in [-0.15, -0.1) is 10.2 Å². The zero-order valence-electron chi connectivity index (χ0n) is 13.1. The maximum atomic E-state index is 12.2. The predicted octanol–water partition coefficient (Wildman–Crippen LogP) is 4.47. The van der Waals surface area contributed by atoms with Crippen LogP contribution in [0.15, 0.2) is 52.7 Å². The Kier molecular flexibility index (Phi) is 4.52. The van der Waals surface area contributed by atoms with Crippen molar-refractivity contribution < 1.29 is 9.90 Å². The van der Waals surface area contributed by atoms with Gasteiger partial charge in [0.1, 0.15) is 0 Å². The quantitative estimate of drug-likeness (QED) is 0.472. The average molecular weight is 434 g/mol. The van der Waals surface area contributed by atoms with Crippen molar-refractivity contribution in [3.63, 3.8) is 0 Å². The van der Waals surface area contributed by atoms with Crippen LogP contribution >= 0.6 is 22.6 Å². The summed E-state index contributed by atoms with van der Waals surface area (Å²) in [6.45, 7) is 0. The van der Waals surface area contributed by atoms with Crippen molar-refractivity contribution in [3.8, 4) is 5.88 Å². The van der Waals surface area contributed by atoms with Crippen LogP contribution in [0.25, 0.3) is 10.9 Å². The number of carbonyl (C=O) groups excluding carboxylic acids is 1. The van der Waals surface area contributed by atoms with Gasteiger partial charge in [-0.3, -0.25) is 4.79 Å². The lowest BCUT2D eigenvalue weighted by Crippen LogP contribution is -2.08. The lowest BCUT2D eigenvalue weighted by molar-refractivity contribution is 0.0995. The van der Waals surface area contributed by atoms with Gasteiger partial charge >= 0.3 is 0 Å². The van der Waals surface area contributed by atoms with E-state index >= 15 is 0 Å². The number of aromatic nitrogens is 1. The van der Waals surface area contributed by atoms with Crippen LogP contribution in [0.2, 0.25) is 0 Å². The Morgan fingerprint density at radius 3 is 2.54 bits per heavy atom. The first-order valence-electron chi connectivity index (χ1n) is 7.19. The molecule has 0 aliphatic heterocycles. The minimum absolute atomic E-state index is 0.105. The topological polar surface area (TPSA) is 81.1 Å². The molecule has 7 heteroatoms. The number of aromatic hydroxyl groups is 1. The second kappa shape index (κ2) is 6.60. The number of hydrogen-bond acceptors (Lipinski definition) is 4. The number of halogens is 1. The molecule has 0 unspecified atom stereocenters. The van der Waals surface area contributed by atoms with E-state index in [0.717, 1.165) is 20.2 Å². The van der Waals surface area contributed by atoms with E-state index in [0.29, 0.717) is 5.56 Å². The highest BCUT2D eigenvalue weighted by atomic mass is 127. The van der Waals surface area contributed by atoms with Crippen LogP contribution < -0.4 is 4.90 Å². The Morgan fingerprint density at radius 2 is 1.88 bits per heavy atom. The molecule has 1 heterocycles. The minimum Gasteiger partial charge on any atom is -0.493 e. The molecule has 0 bridgehead atoms. The number of benzene rings is 2. The molecule has 0 spiro atoms. The number of aromatic amines is 1. The number of rotatable bonds is 3. The van der Waals surface area contributed by atoms with Crippen LogP contribution in [0.4, 0.5) is 11.4 Å². The van der Waals surface area contributed by atoms with Crippen molar-refractivity contribution >= 4 is 50.8 Å². The van der Waals surface area contributed by atoms with E-state index in [-0.39, 0.29) is 11.6 Å². The van der Waals surface area contributed by atoms with Crippen LogP contribution in [0.5, 0.6) is 5.88 Å². The highest BCUT2D eigenvalue weighted by molar-refractivity contribution is 14.1. The summed E-state index contributed by atoms with van der Waals surface area (Å²) in [6.07, 6.45) is 0. The Hall–Kier alpha value is -2.42. The van der Waals surface area contributed by atoms with Crippen molar-refractivity contribution in [2.24, 2.45) is 10.2 Å². The summed E-state index contributed by atoms with van der Waals surface area (Å²) in [4.78, 5) is 16.9. The fraction of sp³-hybridized carbons (Fsp3) is 0.118. The molecule has 0 aliphatic rings. The predicted molar refractivity (Wildman–Crippen MR) is 102 cm³/mol. The van der Waals surface area contributed by atoms with Gasteiger partial charge in [-0.1, -0.05) is 0 Å². The minimum atomic E-state index is -0.459.